The lowest BCUT2D eigenvalue weighted by Crippen LogP contribution is -2.40. The molecule has 0 spiro atoms. The Morgan fingerprint density at radius 2 is 1.86 bits per heavy atom. The van der Waals surface area contributed by atoms with Gasteiger partial charge in [0.05, 0.1) is 17.5 Å². The van der Waals surface area contributed by atoms with E-state index in [2.05, 4.69) is 20.8 Å². The maximum Gasteiger partial charge on any atom is 0.254 e. The average Bonchev–Trinajstić information content (AvgIpc) is 3.60. The molecule has 1 aliphatic carbocycles. The normalized spacial score (nSPS) is 21.6. The van der Waals surface area contributed by atoms with Crippen LogP contribution in [0.4, 0.5) is 4.39 Å². The first kappa shape index (κ1) is 31.5. The van der Waals surface area contributed by atoms with Gasteiger partial charge in [-0.15, -0.1) is 0 Å². The summed E-state index contributed by atoms with van der Waals surface area (Å²) in [5, 5.41) is 5.32. The summed E-state index contributed by atoms with van der Waals surface area (Å²) in [7, 11) is -1.30. The standard InChI is InChI=1S/C32H45FN6O3S/c1-6-39(21(3)4)32(40)28-16-24(33)10-13-26(28)27-17-30(35-31-29(27)18-34-37(31)5)23-14-15-38(20-23)19-22-8-11-25(12-9-22)36-43(41,42)7-2/h10,13,16-18,21-23,25,36H,6-9,11-12,14-15,19-20H2,1-5H3/t22?,23-,25?/m0/s1. The highest BCUT2D eigenvalue weighted by Gasteiger charge is 2.31. The fraction of sp³-hybridized carbons (Fsp3) is 0.594. The van der Waals surface area contributed by atoms with Crippen LogP contribution in [0.15, 0.2) is 30.5 Å². The fourth-order valence-corrected chi connectivity index (χ4v) is 7.71. The minimum atomic E-state index is -3.17. The molecule has 234 valence electrons. The van der Waals surface area contributed by atoms with Gasteiger partial charge in [0.25, 0.3) is 5.91 Å². The first-order chi connectivity index (χ1) is 20.5. The molecule has 1 N–H and O–H groups in total. The van der Waals surface area contributed by atoms with Gasteiger partial charge in [0.2, 0.25) is 10.0 Å². The Labute approximate surface area is 254 Å². The molecule has 3 heterocycles. The summed E-state index contributed by atoms with van der Waals surface area (Å²) in [4.78, 5) is 23.0. The zero-order valence-corrected chi connectivity index (χ0v) is 26.8. The SMILES string of the molecule is CCN(C(=O)c1cc(F)ccc1-c1cc([C@H]2CCN(CC3CCC(NS(=O)(=O)CC)CC3)C2)nc2c1cnn2C)C(C)C. The first-order valence-electron chi connectivity index (χ1n) is 15.7. The summed E-state index contributed by atoms with van der Waals surface area (Å²) in [6.45, 7) is 11.0. The van der Waals surface area contributed by atoms with Crippen LogP contribution >= 0.6 is 0 Å². The van der Waals surface area contributed by atoms with Crippen molar-refractivity contribution in [1.82, 2.24) is 29.3 Å². The molecule has 1 saturated carbocycles. The van der Waals surface area contributed by atoms with Gasteiger partial charge in [0.15, 0.2) is 5.65 Å². The van der Waals surface area contributed by atoms with E-state index < -0.39 is 15.8 Å². The molecule has 2 aliphatic rings. The molecule has 5 rings (SSSR count). The van der Waals surface area contributed by atoms with E-state index >= 15 is 0 Å². The Morgan fingerprint density at radius 1 is 1.12 bits per heavy atom. The molecule has 3 aromatic rings. The van der Waals surface area contributed by atoms with E-state index in [0.717, 1.165) is 74.0 Å². The Bertz CT molecular complexity index is 1560. The number of aryl methyl sites for hydroxylation is 1. The molecule has 2 aromatic heterocycles. The summed E-state index contributed by atoms with van der Waals surface area (Å²) < 4.78 is 43.1. The van der Waals surface area contributed by atoms with Gasteiger partial charge in [-0.25, -0.2) is 22.5 Å². The predicted molar refractivity (Wildman–Crippen MR) is 168 cm³/mol. The maximum absolute atomic E-state index is 14.5. The zero-order chi connectivity index (χ0) is 30.9. The van der Waals surface area contributed by atoms with E-state index in [1.165, 1.54) is 12.1 Å². The van der Waals surface area contributed by atoms with Gasteiger partial charge >= 0.3 is 0 Å². The number of rotatable bonds is 10. The highest BCUT2D eigenvalue weighted by atomic mass is 32.2. The second-order valence-electron chi connectivity index (χ2n) is 12.5. The van der Waals surface area contributed by atoms with Crippen LogP contribution in [0.5, 0.6) is 0 Å². The minimum absolute atomic E-state index is 0.0137. The third kappa shape index (κ3) is 6.94. The summed E-state index contributed by atoms with van der Waals surface area (Å²) in [6, 6.07) is 6.59. The first-order valence-corrected chi connectivity index (χ1v) is 17.3. The van der Waals surface area contributed by atoms with Crippen LogP contribution in [0.2, 0.25) is 0 Å². The van der Waals surface area contributed by atoms with Gasteiger partial charge in [-0.05, 0) is 102 Å². The largest absolute Gasteiger partial charge is 0.336 e. The smallest absolute Gasteiger partial charge is 0.254 e. The molecule has 0 radical (unpaired) electrons. The number of hydrogen-bond acceptors (Lipinski definition) is 6. The number of halogens is 1. The van der Waals surface area contributed by atoms with E-state index in [0.29, 0.717) is 23.6 Å². The Hall–Kier alpha value is -2.89. The predicted octanol–water partition coefficient (Wildman–Crippen LogP) is 4.93. The van der Waals surface area contributed by atoms with Crippen LogP contribution in [0.1, 0.15) is 81.8 Å². The van der Waals surface area contributed by atoms with E-state index in [1.807, 2.05) is 27.8 Å². The van der Waals surface area contributed by atoms with Gasteiger partial charge in [-0.1, -0.05) is 6.07 Å². The van der Waals surface area contributed by atoms with Crippen molar-refractivity contribution in [3.63, 3.8) is 0 Å². The number of nitrogens with zero attached hydrogens (tertiary/aromatic N) is 5. The van der Waals surface area contributed by atoms with Gasteiger partial charge in [0, 0.05) is 55.8 Å². The van der Waals surface area contributed by atoms with E-state index in [-0.39, 0.29) is 29.7 Å². The molecular weight excluding hydrogens is 567 g/mol. The van der Waals surface area contributed by atoms with Gasteiger partial charge < -0.3 is 9.80 Å². The van der Waals surface area contributed by atoms with Crippen molar-refractivity contribution >= 4 is 27.0 Å². The molecule has 9 nitrogen and oxygen atoms in total. The Morgan fingerprint density at radius 3 is 2.53 bits per heavy atom. The Kier molecular flexibility index (Phi) is 9.53. The van der Waals surface area contributed by atoms with Crippen LogP contribution in [-0.4, -0.2) is 82.9 Å². The zero-order valence-electron chi connectivity index (χ0n) is 26.0. The highest BCUT2D eigenvalue weighted by molar-refractivity contribution is 7.89. The van der Waals surface area contributed by atoms with Crippen LogP contribution < -0.4 is 4.72 Å². The lowest BCUT2D eigenvalue weighted by atomic mass is 9.86. The summed E-state index contributed by atoms with van der Waals surface area (Å²) in [5.74, 6) is 0.280. The summed E-state index contributed by atoms with van der Waals surface area (Å²) >= 11 is 0. The second kappa shape index (κ2) is 13.0. The van der Waals surface area contributed by atoms with Crippen molar-refractivity contribution in [2.24, 2.45) is 13.0 Å². The quantitative estimate of drug-likeness (QED) is 0.349. The van der Waals surface area contributed by atoms with Crippen LogP contribution in [0.25, 0.3) is 22.2 Å². The molecule has 11 heteroatoms. The number of carbonyl (C=O) groups excluding carboxylic acids is 1. The Balaban J connectivity index is 1.37. The van der Waals surface area contributed by atoms with Crippen molar-refractivity contribution in [2.75, 3.05) is 31.9 Å². The van der Waals surface area contributed by atoms with Crippen LogP contribution in [0.3, 0.4) is 0 Å². The minimum Gasteiger partial charge on any atom is -0.336 e. The second-order valence-corrected chi connectivity index (χ2v) is 14.5. The number of hydrogen-bond donors (Lipinski definition) is 1. The number of likely N-dealkylation sites (tertiary alicyclic amines) is 1. The molecule has 1 atom stereocenters. The molecule has 43 heavy (non-hydrogen) atoms. The summed E-state index contributed by atoms with van der Waals surface area (Å²) in [5.41, 5.74) is 3.60. The van der Waals surface area contributed by atoms with E-state index in [9.17, 15) is 17.6 Å². The molecule has 0 unspecified atom stereocenters. The van der Waals surface area contributed by atoms with Gasteiger partial charge in [-0.3, -0.25) is 9.48 Å². The number of amides is 1. The van der Waals surface area contributed by atoms with Gasteiger partial charge in [-0.2, -0.15) is 5.10 Å². The van der Waals surface area contributed by atoms with Crippen LogP contribution in [-0.2, 0) is 17.1 Å². The van der Waals surface area contributed by atoms with Gasteiger partial charge in [0.1, 0.15) is 5.82 Å². The molecule has 1 aliphatic heterocycles. The molecule has 0 bridgehead atoms. The third-order valence-corrected chi connectivity index (χ3v) is 10.7. The monoisotopic (exact) mass is 612 g/mol. The number of carbonyl (C=O) groups is 1. The number of aromatic nitrogens is 3. The van der Waals surface area contributed by atoms with Crippen molar-refractivity contribution in [1.29, 1.82) is 0 Å². The highest BCUT2D eigenvalue weighted by Crippen LogP contribution is 2.37. The molecule has 1 saturated heterocycles. The number of sulfonamides is 1. The van der Waals surface area contributed by atoms with Crippen molar-refractivity contribution in [3.05, 3.63) is 47.5 Å². The third-order valence-electron chi connectivity index (χ3n) is 9.23. The maximum atomic E-state index is 14.5. The number of nitrogens with one attached hydrogen (secondary N) is 1. The fourth-order valence-electron chi connectivity index (χ4n) is 6.80. The lowest BCUT2D eigenvalue weighted by Gasteiger charge is -2.31. The van der Waals surface area contributed by atoms with E-state index in [4.69, 9.17) is 4.98 Å². The lowest BCUT2D eigenvalue weighted by molar-refractivity contribution is 0.0717. The van der Waals surface area contributed by atoms with Crippen LogP contribution in [0, 0.1) is 11.7 Å². The summed E-state index contributed by atoms with van der Waals surface area (Å²) in [6.07, 6.45) is 6.56. The number of pyridine rings is 1. The van der Waals surface area contributed by atoms with Crippen molar-refractivity contribution in [3.8, 4) is 11.1 Å². The van der Waals surface area contributed by atoms with E-state index in [1.54, 1.807) is 28.8 Å². The molecule has 2 fully saturated rings. The molecule has 1 aromatic carbocycles. The molecular formula is C32H45FN6O3S. The van der Waals surface area contributed by atoms with Crippen molar-refractivity contribution in [2.45, 2.75) is 77.8 Å². The number of benzene rings is 1. The average molecular weight is 613 g/mol. The molecule has 1 amide bonds. The van der Waals surface area contributed by atoms with Crippen molar-refractivity contribution < 1.29 is 17.6 Å². The topological polar surface area (TPSA) is 100 Å². The number of fused-ring (bicyclic) bond motifs is 1.